The van der Waals surface area contributed by atoms with Crippen LogP contribution in [0.5, 0.6) is 0 Å². The molecule has 0 saturated heterocycles. The van der Waals surface area contributed by atoms with Gasteiger partial charge in [0.2, 0.25) is 5.91 Å². The van der Waals surface area contributed by atoms with Gasteiger partial charge < -0.3 is 19.9 Å². The average Bonchev–Trinajstić information content (AvgIpc) is 3.47. The normalized spacial score (nSPS) is 11.9. The van der Waals surface area contributed by atoms with Crippen molar-refractivity contribution >= 4 is 39.9 Å². The highest BCUT2D eigenvalue weighted by atomic mass is 32.1. The third-order valence-electron chi connectivity index (χ3n) is 5.37. The van der Waals surface area contributed by atoms with Gasteiger partial charge in [0.1, 0.15) is 6.61 Å². The van der Waals surface area contributed by atoms with Crippen molar-refractivity contribution in [3.8, 4) is 0 Å². The molecule has 0 aliphatic carbocycles. The fraction of sp³-hybridized carbons (Fsp3) is 0.280. The predicted molar refractivity (Wildman–Crippen MR) is 133 cm³/mol. The molecule has 0 radical (unpaired) electrons. The number of hydrogen-bond donors (Lipinski definition) is 2. The SMILES string of the molecule is COCC(=O)Nc1cc(C(=O)N[C@@H](C)Cc2cncs2)c2c(c1)ncn2CCc1ccccc1. The summed E-state index contributed by atoms with van der Waals surface area (Å²) in [4.78, 5) is 35.2. The molecule has 2 amide bonds. The number of aromatic nitrogens is 3. The Kier molecular flexibility index (Phi) is 7.66. The fourth-order valence-corrected chi connectivity index (χ4v) is 4.57. The molecule has 4 aromatic rings. The van der Waals surface area contributed by atoms with Crippen LogP contribution in [0.25, 0.3) is 11.0 Å². The molecule has 0 fully saturated rings. The Labute approximate surface area is 202 Å². The molecular formula is C25H27N5O3S. The number of carbonyl (C=O) groups is 2. The molecule has 0 aliphatic heterocycles. The van der Waals surface area contributed by atoms with Gasteiger partial charge in [0.05, 0.1) is 28.4 Å². The van der Waals surface area contributed by atoms with Crippen molar-refractivity contribution in [3.63, 3.8) is 0 Å². The Morgan fingerprint density at radius 3 is 2.76 bits per heavy atom. The van der Waals surface area contributed by atoms with Gasteiger partial charge in [0, 0.05) is 42.9 Å². The Morgan fingerprint density at radius 1 is 1.21 bits per heavy atom. The molecule has 2 heterocycles. The number of nitrogens with zero attached hydrogens (tertiary/aromatic N) is 3. The summed E-state index contributed by atoms with van der Waals surface area (Å²) in [5.74, 6) is -0.512. The van der Waals surface area contributed by atoms with Crippen molar-refractivity contribution in [2.75, 3.05) is 19.0 Å². The molecule has 0 spiro atoms. The van der Waals surface area contributed by atoms with Gasteiger partial charge in [-0.1, -0.05) is 30.3 Å². The Balaban J connectivity index is 1.62. The number of fused-ring (bicyclic) bond motifs is 1. The van der Waals surface area contributed by atoms with Crippen molar-refractivity contribution < 1.29 is 14.3 Å². The van der Waals surface area contributed by atoms with E-state index in [0.717, 1.165) is 16.8 Å². The second-order valence-electron chi connectivity index (χ2n) is 8.09. The van der Waals surface area contributed by atoms with Crippen molar-refractivity contribution in [3.05, 3.63) is 76.5 Å². The maximum absolute atomic E-state index is 13.4. The van der Waals surface area contributed by atoms with Gasteiger partial charge in [-0.05, 0) is 31.0 Å². The topological polar surface area (TPSA) is 98.1 Å². The number of imidazole rings is 1. The largest absolute Gasteiger partial charge is 0.375 e. The summed E-state index contributed by atoms with van der Waals surface area (Å²) >= 11 is 1.56. The number of ether oxygens (including phenoxy) is 1. The zero-order chi connectivity index (χ0) is 23.9. The number of thiazole rings is 1. The Morgan fingerprint density at radius 2 is 2.03 bits per heavy atom. The van der Waals surface area contributed by atoms with Crippen molar-refractivity contribution in [1.82, 2.24) is 19.9 Å². The summed E-state index contributed by atoms with van der Waals surface area (Å²) in [5.41, 5.74) is 5.34. The predicted octanol–water partition coefficient (Wildman–Crippen LogP) is 3.68. The maximum Gasteiger partial charge on any atom is 0.253 e. The number of methoxy groups -OCH3 is 1. The molecule has 2 aromatic heterocycles. The van der Waals surface area contributed by atoms with Crippen LogP contribution in [-0.4, -0.2) is 46.1 Å². The molecule has 0 saturated carbocycles. The lowest BCUT2D eigenvalue weighted by molar-refractivity contribution is -0.119. The third kappa shape index (κ3) is 5.86. The lowest BCUT2D eigenvalue weighted by Crippen LogP contribution is -2.34. The maximum atomic E-state index is 13.4. The molecule has 4 rings (SSSR count). The zero-order valence-electron chi connectivity index (χ0n) is 19.2. The zero-order valence-corrected chi connectivity index (χ0v) is 20.0. The van der Waals surface area contributed by atoms with Crippen LogP contribution in [0.15, 0.2) is 60.5 Å². The van der Waals surface area contributed by atoms with Crippen LogP contribution in [-0.2, 0) is 28.9 Å². The summed E-state index contributed by atoms with van der Waals surface area (Å²) < 4.78 is 6.90. The molecule has 0 aliphatic rings. The third-order valence-corrected chi connectivity index (χ3v) is 6.17. The van der Waals surface area contributed by atoms with Gasteiger partial charge >= 0.3 is 0 Å². The first kappa shape index (κ1) is 23.6. The van der Waals surface area contributed by atoms with Gasteiger partial charge in [-0.2, -0.15) is 0 Å². The summed E-state index contributed by atoms with van der Waals surface area (Å²) in [6.45, 7) is 2.56. The summed E-state index contributed by atoms with van der Waals surface area (Å²) in [5, 5.41) is 5.87. The quantitative estimate of drug-likeness (QED) is 0.363. The molecule has 1 atom stereocenters. The van der Waals surface area contributed by atoms with E-state index in [2.05, 4.69) is 32.7 Å². The first-order valence-electron chi connectivity index (χ1n) is 11.0. The van der Waals surface area contributed by atoms with E-state index in [0.29, 0.717) is 29.7 Å². The van der Waals surface area contributed by atoms with Crippen LogP contribution in [0.3, 0.4) is 0 Å². The molecule has 0 bridgehead atoms. The average molecular weight is 478 g/mol. The summed E-state index contributed by atoms with van der Waals surface area (Å²) in [6.07, 6.45) is 5.06. The van der Waals surface area contributed by atoms with Crippen LogP contribution in [0.2, 0.25) is 0 Å². The van der Waals surface area contributed by atoms with Gasteiger partial charge in [-0.3, -0.25) is 14.6 Å². The second kappa shape index (κ2) is 11.0. The van der Waals surface area contributed by atoms with E-state index in [9.17, 15) is 9.59 Å². The number of hydrogen-bond acceptors (Lipinski definition) is 6. The van der Waals surface area contributed by atoms with Gasteiger partial charge in [0.15, 0.2) is 0 Å². The van der Waals surface area contributed by atoms with Crippen LogP contribution in [0.1, 0.15) is 27.7 Å². The van der Waals surface area contributed by atoms with Crippen molar-refractivity contribution in [2.24, 2.45) is 0 Å². The first-order chi connectivity index (χ1) is 16.5. The van der Waals surface area contributed by atoms with E-state index in [1.54, 1.807) is 35.3 Å². The van der Waals surface area contributed by atoms with Crippen molar-refractivity contribution in [2.45, 2.75) is 32.4 Å². The monoisotopic (exact) mass is 477 g/mol. The van der Waals surface area contributed by atoms with E-state index in [1.807, 2.05) is 35.9 Å². The number of anilines is 1. The highest BCUT2D eigenvalue weighted by Gasteiger charge is 2.19. The van der Waals surface area contributed by atoms with Crippen molar-refractivity contribution in [1.29, 1.82) is 0 Å². The molecule has 34 heavy (non-hydrogen) atoms. The minimum atomic E-state index is -0.296. The standard InChI is InChI=1S/C25H27N5O3S/c1-17(10-20-13-26-16-34-20)28-25(32)21-11-19(29-23(31)14-33-2)12-22-24(21)30(15-27-22)9-8-18-6-4-3-5-7-18/h3-7,11-13,15-17H,8-10,14H2,1-2H3,(H,28,32)(H,29,31)/t17-/m0/s1. The Bertz CT molecular complexity index is 1250. The number of carbonyl (C=O) groups excluding carboxylic acids is 2. The number of benzene rings is 2. The van der Waals surface area contributed by atoms with Crippen LogP contribution >= 0.6 is 11.3 Å². The molecule has 9 heteroatoms. The summed E-state index contributed by atoms with van der Waals surface area (Å²) in [7, 11) is 1.46. The Hall–Kier alpha value is -3.56. The number of rotatable bonds is 10. The summed E-state index contributed by atoms with van der Waals surface area (Å²) in [6, 6.07) is 13.6. The van der Waals surface area contributed by atoms with E-state index in [1.165, 1.54) is 12.7 Å². The van der Waals surface area contributed by atoms with Crippen LogP contribution in [0.4, 0.5) is 5.69 Å². The lowest BCUT2D eigenvalue weighted by Gasteiger charge is -2.16. The van der Waals surface area contributed by atoms with Gasteiger partial charge in [0.25, 0.3) is 5.91 Å². The fourth-order valence-electron chi connectivity index (χ4n) is 3.84. The highest BCUT2D eigenvalue weighted by molar-refractivity contribution is 7.09. The highest BCUT2D eigenvalue weighted by Crippen LogP contribution is 2.25. The molecular weight excluding hydrogens is 450 g/mol. The lowest BCUT2D eigenvalue weighted by atomic mass is 10.1. The molecule has 176 valence electrons. The minimum absolute atomic E-state index is 0.0725. The van der Waals surface area contributed by atoms with E-state index >= 15 is 0 Å². The smallest absolute Gasteiger partial charge is 0.253 e. The van der Waals surface area contributed by atoms with E-state index in [-0.39, 0.29) is 24.5 Å². The van der Waals surface area contributed by atoms with Gasteiger partial charge in [-0.25, -0.2) is 4.98 Å². The minimum Gasteiger partial charge on any atom is -0.375 e. The number of amides is 2. The molecule has 0 unspecified atom stereocenters. The number of aryl methyl sites for hydroxylation is 2. The van der Waals surface area contributed by atoms with E-state index < -0.39 is 0 Å². The van der Waals surface area contributed by atoms with E-state index in [4.69, 9.17) is 4.74 Å². The van der Waals surface area contributed by atoms with Gasteiger partial charge in [-0.15, -0.1) is 11.3 Å². The van der Waals surface area contributed by atoms with Crippen LogP contribution in [0, 0.1) is 0 Å². The number of nitrogens with one attached hydrogen (secondary N) is 2. The van der Waals surface area contributed by atoms with Crippen LogP contribution < -0.4 is 10.6 Å². The second-order valence-corrected chi connectivity index (χ2v) is 9.06. The molecule has 2 aromatic carbocycles. The first-order valence-corrected chi connectivity index (χ1v) is 11.9. The molecule has 8 nitrogen and oxygen atoms in total. The molecule has 2 N–H and O–H groups in total.